The van der Waals surface area contributed by atoms with E-state index in [4.69, 9.17) is 22.2 Å². The van der Waals surface area contributed by atoms with Crippen molar-refractivity contribution in [3.05, 3.63) is 64.7 Å². The monoisotopic (exact) mass is 276 g/mol. The second kappa shape index (κ2) is 6.22. The Hall–Kier alpha value is -2.04. The number of nitrogens with two attached hydrogens (primary N) is 1. The van der Waals surface area contributed by atoms with Crippen LogP contribution in [0.5, 0.6) is 5.75 Å². The molecule has 0 spiro atoms. The van der Waals surface area contributed by atoms with Crippen LogP contribution in [0, 0.1) is 0 Å². The van der Waals surface area contributed by atoms with Crippen LogP contribution in [0.25, 0.3) is 0 Å². The molecule has 0 aromatic heterocycles. The lowest BCUT2D eigenvalue weighted by atomic mass is 10.1. The van der Waals surface area contributed by atoms with Crippen LogP contribution in [-0.4, -0.2) is 5.91 Å². The first kappa shape index (κ1) is 13.4. The molecule has 0 aliphatic heterocycles. The van der Waals surface area contributed by atoms with E-state index in [1.54, 1.807) is 42.5 Å². The Labute approximate surface area is 116 Å². The Balaban J connectivity index is 2.03. The highest BCUT2D eigenvalue weighted by molar-refractivity contribution is 6.30. The van der Waals surface area contributed by atoms with Crippen molar-refractivity contribution in [2.75, 3.05) is 0 Å². The lowest BCUT2D eigenvalue weighted by Crippen LogP contribution is -2.30. The van der Waals surface area contributed by atoms with E-state index in [2.05, 4.69) is 5.43 Å². The highest BCUT2D eigenvalue weighted by Gasteiger charge is 2.04. The van der Waals surface area contributed by atoms with Crippen LogP contribution in [-0.2, 0) is 6.61 Å². The van der Waals surface area contributed by atoms with Crippen LogP contribution in [0.15, 0.2) is 48.5 Å². The topological polar surface area (TPSA) is 64.3 Å². The first-order valence-electron chi connectivity index (χ1n) is 5.67. The molecule has 98 valence electrons. The number of halogens is 1. The number of nitrogen functional groups attached to an aromatic ring is 1. The number of hydrogen-bond donors (Lipinski definition) is 2. The number of hydrazine groups is 1. The summed E-state index contributed by atoms with van der Waals surface area (Å²) in [5, 5.41) is 0.661. The zero-order valence-corrected chi connectivity index (χ0v) is 10.9. The Morgan fingerprint density at radius 3 is 2.63 bits per heavy atom. The molecule has 2 rings (SSSR count). The number of carbonyl (C=O) groups is 1. The van der Waals surface area contributed by atoms with E-state index in [-0.39, 0.29) is 5.91 Å². The standard InChI is InChI=1S/C14H13ClN2O2/c15-12-4-6-13(7-5-12)19-9-10-2-1-3-11(8-10)14(18)17-16/h1-8H,9,16H2,(H,17,18). The van der Waals surface area contributed by atoms with E-state index in [9.17, 15) is 4.79 Å². The van der Waals surface area contributed by atoms with E-state index in [1.165, 1.54) is 0 Å². The van der Waals surface area contributed by atoms with Crippen molar-refractivity contribution < 1.29 is 9.53 Å². The molecule has 4 nitrogen and oxygen atoms in total. The summed E-state index contributed by atoms with van der Waals surface area (Å²) in [7, 11) is 0. The van der Waals surface area contributed by atoms with E-state index in [0.29, 0.717) is 17.2 Å². The van der Waals surface area contributed by atoms with Gasteiger partial charge in [-0.1, -0.05) is 23.7 Å². The van der Waals surface area contributed by atoms with Crippen molar-refractivity contribution in [1.29, 1.82) is 0 Å². The van der Waals surface area contributed by atoms with Crippen molar-refractivity contribution >= 4 is 17.5 Å². The fraction of sp³-hybridized carbons (Fsp3) is 0.0714. The van der Waals surface area contributed by atoms with Crippen LogP contribution in [0.2, 0.25) is 5.02 Å². The Bertz CT molecular complexity index is 570. The third-order valence-corrected chi connectivity index (χ3v) is 2.79. The molecule has 1 amide bonds. The Morgan fingerprint density at radius 2 is 1.95 bits per heavy atom. The van der Waals surface area contributed by atoms with Crippen LogP contribution in [0.4, 0.5) is 0 Å². The molecule has 0 atom stereocenters. The van der Waals surface area contributed by atoms with Gasteiger partial charge in [-0.2, -0.15) is 0 Å². The smallest absolute Gasteiger partial charge is 0.265 e. The minimum atomic E-state index is -0.326. The highest BCUT2D eigenvalue weighted by Crippen LogP contribution is 2.17. The zero-order valence-electron chi connectivity index (χ0n) is 10.1. The summed E-state index contributed by atoms with van der Waals surface area (Å²) in [5.41, 5.74) is 3.48. The number of rotatable bonds is 4. The summed E-state index contributed by atoms with van der Waals surface area (Å²) < 4.78 is 5.59. The molecule has 0 heterocycles. The van der Waals surface area contributed by atoms with E-state index >= 15 is 0 Å². The largest absolute Gasteiger partial charge is 0.489 e. The number of amides is 1. The summed E-state index contributed by atoms with van der Waals surface area (Å²) >= 11 is 5.79. The first-order valence-corrected chi connectivity index (χ1v) is 6.05. The molecule has 0 aliphatic rings. The van der Waals surface area contributed by atoms with Gasteiger partial charge in [-0.25, -0.2) is 5.84 Å². The van der Waals surface area contributed by atoms with Crippen molar-refractivity contribution in [2.45, 2.75) is 6.61 Å². The number of carbonyl (C=O) groups excluding carboxylic acids is 1. The average Bonchev–Trinajstić information content (AvgIpc) is 2.46. The number of hydrogen-bond acceptors (Lipinski definition) is 3. The fourth-order valence-corrected chi connectivity index (χ4v) is 1.71. The summed E-state index contributed by atoms with van der Waals surface area (Å²) in [6.07, 6.45) is 0. The predicted octanol–water partition coefficient (Wildman–Crippen LogP) is 2.52. The minimum absolute atomic E-state index is 0.326. The molecule has 0 unspecified atom stereocenters. The number of nitrogens with one attached hydrogen (secondary N) is 1. The number of benzene rings is 2. The average molecular weight is 277 g/mol. The molecular weight excluding hydrogens is 264 g/mol. The molecule has 19 heavy (non-hydrogen) atoms. The third-order valence-electron chi connectivity index (χ3n) is 2.54. The predicted molar refractivity (Wildman–Crippen MR) is 73.9 cm³/mol. The van der Waals surface area contributed by atoms with Gasteiger partial charge in [0.1, 0.15) is 12.4 Å². The second-order valence-corrected chi connectivity index (χ2v) is 4.35. The van der Waals surface area contributed by atoms with E-state index in [0.717, 1.165) is 11.3 Å². The molecule has 5 heteroatoms. The van der Waals surface area contributed by atoms with Crippen LogP contribution >= 0.6 is 11.6 Å². The molecule has 0 radical (unpaired) electrons. The lowest BCUT2D eigenvalue weighted by Gasteiger charge is -2.07. The van der Waals surface area contributed by atoms with Gasteiger partial charge in [0, 0.05) is 10.6 Å². The van der Waals surface area contributed by atoms with Crippen LogP contribution in [0.1, 0.15) is 15.9 Å². The summed E-state index contributed by atoms with van der Waals surface area (Å²) in [4.78, 5) is 11.4. The molecule has 2 aromatic rings. The van der Waals surface area contributed by atoms with Crippen molar-refractivity contribution in [2.24, 2.45) is 5.84 Å². The van der Waals surface area contributed by atoms with Gasteiger partial charge in [0.15, 0.2) is 0 Å². The highest BCUT2D eigenvalue weighted by atomic mass is 35.5. The fourth-order valence-electron chi connectivity index (χ4n) is 1.58. The van der Waals surface area contributed by atoms with Crippen molar-refractivity contribution in [3.8, 4) is 5.75 Å². The lowest BCUT2D eigenvalue weighted by molar-refractivity contribution is 0.0953. The van der Waals surface area contributed by atoms with Gasteiger partial charge in [0.05, 0.1) is 0 Å². The summed E-state index contributed by atoms with van der Waals surface area (Å²) in [6.45, 7) is 0.368. The summed E-state index contributed by atoms with van der Waals surface area (Å²) in [6, 6.07) is 14.2. The van der Waals surface area contributed by atoms with Gasteiger partial charge in [0.25, 0.3) is 5.91 Å². The number of ether oxygens (including phenoxy) is 1. The molecule has 0 bridgehead atoms. The van der Waals surface area contributed by atoms with Gasteiger partial charge in [0.2, 0.25) is 0 Å². The minimum Gasteiger partial charge on any atom is -0.489 e. The SMILES string of the molecule is NNC(=O)c1cccc(COc2ccc(Cl)cc2)c1. The maximum absolute atomic E-state index is 11.4. The summed E-state index contributed by atoms with van der Waals surface area (Å²) in [5.74, 6) is 5.48. The van der Waals surface area contributed by atoms with Gasteiger partial charge in [-0.15, -0.1) is 0 Å². The second-order valence-electron chi connectivity index (χ2n) is 3.92. The molecule has 0 saturated carbocycles. The molecule has 2 aromatic carbocycles. The van der Waals surface area contributed by atoms with Crippen LogP contribution in [0.3, 0.4) is 0 Å². The normalized spacial score (nSPS) is 10.0. The molecule has 0 aliphatic carbocycles. The maximum atomic E-state index is 11.4. The molecule has 3 N–H and O–H groups in total. The van der Waals surface area contributed by atoms with Crippen molar-refractivity contribution in [3.63, 3.8) is 0 Å². The third kappa shape index (κ3) is 3.71. The van der Waals surface area contributed by atoms with Crippen LogP contribution < -0.4 is 16.0 Å². The molecule has 0 fully saturated rings. The van der Waals surface area contributed by atoms with E-state index < -0.39 is 0 Å². The Morgan fingerprint density at radius 1 is 1.21 bits per heavy atom. The first-order chi connectivity index (χ1) is 9.19. The van der Waals surface area contributed by atoms with Gasteiger partial charge >= 0.3 is 0 Å². The Kier molecular flexibility index (Phi) is 4.39. The van der Waals surface area contributed by atoms with Gasteiger partial charge in [-0.05, 0) is 42.0 Å². The quantitative estimate of drug-likeness (QED) is 0.512. The van der Waals surface area contributed by atoms with Gasteiger partial charge < -0.3 is 4.74 Å². The maximum Gasteiger partial charge on any atom is 0.265 e. The van der Waals surface area contributed by atoms with E-state index in [1.807, 2.05) is 6.07 Å². The molecule has 0 saturated heterocycles. The van der Waals surface area contributed by atoms with Crippen molar-refractivity contribution in [1.82, 2.24) is 5.43 Å². The van der Waals surface area contributed by atoms with Gasteiger partial charge in [-0.3, -0.25) is 10.2 Å². The molecular formula is C14H13ClN2O2. The zero-order chi connectivity index (χ0) is 13.7.